The molecule has 0 aliphatic rings. The van der Waals surface area contributed by atoms with Gasteiger partial charge in [-0.15, -0.1) is 0 Å². The minimum atomic E-state index is -0.956. The second-order valence-corrected chi connectivity index (χ2v) is 4.64. The first-order valence-electron chi connectivity index (χ1n) is 6.51. The molecule has 0 aliphatic heterocycles. The summed E-state index contributed by atoms with van der Waals surface area (Å²) in [5.74, 6) is -0.154. The van der Waals surface area contributed by atoms with Crippen LogP contribution in [0.1, 0.15) is 34.4 Å². The van der Waals surface area contributed by atoms with E-state index in [-0.39, 0.29) is 5.56 Å². The highest BCUT2D eigenvalue weighted by atomic mass is 16.4. The van der Waals surface area contributed by atoms with E-state index in [0.29, 0.717) is 24.5 Å². The van der Waals surface area contributed by atoms with Crippen LogP contribution in [0.2, 0.25) is 0 Å². The van der Waals surface area contributed by atoms with Crippen LogP contribution in [-0.2, 0) is 6.54 Å². The maximum absolute atomic E-state index is 11.5. The summed E-state index contributed by atoms with van der Waals surface area (Å²) in [5.41, 5.74) is 2.27. The first-order chi connectivity index (χ1) is 9.52. The summed E-state index contributed by atoms with van der Waals surface area (Å²) >= 11 is 0. The fourth-order valence-corrected chi connectivity index (χ4v) is 2.28. The van der Waals surface area contributed by atoms with Gasteiger partial charge in [-0.05, 0) is 39.0 Å². The molecule has 0 amide bonds. The van der Waals surface area contributed by atoms with Crippen molar-refractivity contribution in [2.24, 2.45) is 0 Å². The molecular weight excluding hydrogens is 256 g/mol. The second kappa shape index (κ2) is 5.77. The van der Waals surface area contributed by atoms with Crippen molar-refractivity contribution in [2.45, 2.75) is 27.3 Å². The molecule has 0 atom stereocenters. The molecule has 5 heteroatoms. The minimum absolute atomic E-state index is 0.254. The number of aryl methyl sites for hydroxylation is 2. The lowest BCUT2D eigenvalue weighted by molar-refractivity contribution is 0.0696. The van der Waals surface area contributed by atoms with Crippen molar-refractivity contribution >= 4 is 11.7 Å². The predicted molar refractivity (Wildman–Crippen MR) is 76.1 cm³/mol. The van der Waals surface area contributed by atoms with Gasteiger partial charge >= 0.3 is 5.97 Å². The Morgan fingerprint density at radius 2 is 2.20 bits per heavy atom. The molecule has 0 saturated carbocycles. The summed E-state index contributed by atoms with van der Waals surface area (Å²) in [6, 6.07) is 5.51. The smallest absolute Gasteiger partial charge is 0.339 e. The Labute approximate surface area is 117 Å². The molecule has 2 rings (SSSR count). The van der Waals surface area contributed by atoms with Crippen LogP contribution < -0.4 is 4.90 Å². The quantitative estimate of drug-likeness (QED) is 0.907. The van der Waals surface area contributed by atoms with Crippen LogP contribution in [0.25, 0.3) is 0 Å². The molecule has 2 aromatic rings. The van der Waals surface area contributed by atoms with Crippen LogP contribution in [0, 0.1) is 13.8 Å². The number of carboxylic acids is 1. The normalized spacial score (nSPS) is 10.6. The van der Waals surface area contributed by atoms with E-state index in [1.807, 2.05) is 36.9 Å². The standard InChI is InChI=1S/C15H18N2O3/c1-4-17(9-12-6-5-7-20-12)13-8-10(2)16-11(3)14(13)15(18)19/h5-8H,4,9H2,1-3H3,(H,18,19). The lowest BCUT2D eigenvalue weighted by atomic mass is 10.1. The van der Waals surface area contributed by atoms with Crippen molar-refractivity contribution in [3.05, 3.63) is 47.2 Å². The van der Waals surface area contributed by atoms with E-state index >= 15 is 0 Å². The fraction of sp³-hybridized carbons (Fsp3) is 0.333. The number of hydrogen-bond donors (Lipinski definition) is 1. The van der Waals surface area contributed by atoms with E-state index < -0.39 is 5.97 Å². The molecule has 1 N–H and O–H groups in total. The van der Waals surface area contributed by atoms with Crippen molar-refractivity contribution in [2.75, 3.05) is 11.4 Å². The third kappa shape index (κ3) is 2.82. The Hall–Kier alpha value is -2.30. The van der Waals surface area contributed by atoms with E-state index in [0.717, 1.165) is 11.5 Å². The van der Waals surface area contributed by atoms with Crippen molar-refractivity contribution in [1.29, 1.82) is 0 Å². The van der Waals surface area contributed by atoms with Gasteiger partial charge in [0.25, 0.3) is 0 Å². The van der Waals surface area contributed by atoms with Gasteiger partial charge in [0.2, 0.25) is 0 Å². The summed E-state index contributed by atoms with van der Waals surface area (Å²) < 4.78 is 5.34. The molecule has 0 unspecified atom stereocenters. The maximum atomic E-state index is 11.5. The van der Waals surface area contributed by atoms with E-state index in [4.69, 9.17) is 4.42 Å². The number of anilines is 1. The number of carbonyl (C=O) groups is 1. The summed E-state index contributed by atoms with van der Waals surface area (Å²) in [4.78, 5) is 17.7. The zero-order valence-electron chi connectivity index (χ0n) is 11.9. The van der Waals surface area contributed by atoms with E-state index in [1.54, 1.807) is 13.2 Å². The lowest BCUT2D eigenvalue weighted by Gasteiger charge is -2.24. The van der Waals surface area contributed by atoms with Crippen molar-refractivity contribution < 1.29 is 14.3 Å². The third-order valence-electron chi connectivity index (χ3n) is 3.17. The van der Waals surface area contributed by atoms with Crippen LogP contribution in [0.5, 0.6) is 0 Å². The molecule has 0 radical (unpaired) electrons. The highest BCUT2D eigenvalue weighted by Gasteiger charge is 2.20. The Bertz CT molecular complexity index is 606. The van der Waals surface area contributed by atoms with Gasteiger partial charge in [0.1, 0.15) is 11.3 Å². The van der Waals surface area contributed by atoms with E-state index in [2.05, 4.69) is 4.98 Å². The summed E-state index contributed by atoms with van der Waals surface area (Å²) in [5, 5.41) is 9.42. The average molecular weight is 274 g/mol. The van der Waals surface area contributed by atoms with Crippen LogP contribution in [-0.4, -0.2) is 22.6 Å². The number of pyridine rings is 1. The minimum Gasteiger partial charge on any atom is -0.478 e. The Kier molecular flexibility index (Phi) is 4.08. The molecule has 20 heavy (non-hydrogen) atoms. The summed E-state index contributed by atoms with van der Waals surface area (Å²) in [7, 11) is 0. The number of nitrogens with zero attached hydrogens (tertiary/aromatic N) is 2. The van der Waals surface area contributed by atoms with Gasteiger partial charge in [-0.1, -0.05) is 0 Å². The molecule has 2 heterocycles. The Morgan fingerprint density at radius 3 is 2.75 bits per heavy atom. The highest BCUT2D eigenvalue weighted by molar-refractivity contribution is 5.95. The zero-order valence-corrected chi connectivity index (χ0v) is 11.9. The number of carboxylic acid groups (broad SMARTS) is 1. The fourth-order valence-electron chi connectivity index (χ4n) is 2.28. The SMILES string of the molecule is CCN(Cc1ccco1)c1cc(C)nc(C)c1C(=O)O. The Balaban J connectivity index is 2.45. The van der Waals surface area contributed by atoms with Gasteiger partial charge in [0.05, 0.1) is 24.2 Å². The van der Waals surface area contributed by atoms with Crippen molar-refractivity contribution in [1.82, 2.24) is 4.98 Å². The van der Waals surface area contributed by atoms with Gasteiger partial charge in [0, 0.05) is 12.2 Å². The molecule has 5 nitrogen and oxygen atoms in total. The number of hydrogen-bond acceptors (Lipinski definition) is 4. The largest absolute Gasteiger partial charge is 0.478 e. The molecule has 106 valence electrons. The monoisotopic (exact) mass is 274 g/mol. The summed E-state index contributed by atoms with van der Waals surface area (Å²) in [6.07, 6.45) is 1.62. The molecule has 0 bridgehead atoms. The molecule has 0 aliphatic carbocycles. The van der Waals surface area contributed by atoms with Gasteiger partial charge in [-0.25, -0.2) is 4.79 Å². The lowest BCUT2D eigenvalue weighted by Crippen LogP contribution is -2.25. The average Bonchev–Trinajstić information content (AvgIpc) is 2.87. The highest BCUT2D eigenvalue weighted by Crippen LogP contribution is 2.25. The van der Waals surface area contributed by atoms with E-state index in [1.165, 1.54) is 0 Å². The summed E-state index contributed by atoms with van der Waals surface area (Å²) in [6.45, 7) is 6.79. The van der Waals surface area contributed by atoms with Crippen molar-refractivity contribution in [3.63, 3.8) is 0 Å². The molecule has 0 spiro atoms. The van der Waals surface area contributed by atoms with E-state index in [9.17, 15) is 9.90 Å². The van der Waals surface area contributed by atoms with Crippen LogP contribution in [0.3, 0.4) is 0 Å². The van der Waals surface area contributed by atoms with Gasteiger partial charge in [-0.3, -0.25) is 4.98 Å². The van der Waals surface area contributed by atoms with Gasteiger partial charge in [-0.2, -0.15) is 0 Å². The predicted octanol–water partition coefficient (Wildman–Crippen LogP) is 3.02. The zero-order chi connectivity index (χ0) is 14.7. The van der Waals surface area contributed by atoms with Crippen LogP contribution in [0.15, 0.2) is 28.9 Å². The second-order valence-electron chi connectivity index (χ2n) is 4.64. The molecular formula is C15H18N2O3. The van der Waals surface area contributed by atoms with Crippen molar-refractivity contribution in [3.8, 4) is 0 Å². The first-order valence-corrected chi connectivity index (χ1v) is 6.51. The van der Waals surface area contributed by atoms with Gasteiger partial charge < -0.3 is 14.4 Å². The maximum Gasteiger partial charge on any atom is 0.339 e. The first kappa shape index (κ1) is 14.1. The number of rotatable bonds is 5. The molecule has 0 aromatic carbocycles. The topological polar surface area (TPSA) is 66.6 Å². The number of aromatic nitrogens is 1. The van der Waals surface area contributed by atoms with Crippen LogP contribution >= 0.6 is 0 Å². The number of aromatic carboxylic acids is 1. The van der Waals surface area contributed by atoms with Gasteiger partial charge in [0.15, 0.2) is 0 Å². The number of furan rings is 1. The van der Waals surface area contributed by atoms with Crippen LogP contribution in [0.4, 0.5) is 5.69 Å². The Morgan fingerprint density at radius 1 is 1.45 bits per heavy atom. The third-order valence-corrected chi connectivity index (χ3v) is 3.17. The molecule has 0 fully saturated rings. The molecule has 0 saturated heterocycles. The molecule has 2 aromatic heterocycles.